The number of carbonyl (C=O) groups is 1. The maximum Gasteiger partial charge on any atom is 0.303 e. The molecule has 2 aliphatic heterocycles. The van der Waals surface area contributed by atoms with Crippen molar-refractivity contribution in [3.63, 3.8) is 0 Å². The molecule has 2 heterocycles. The molecular formula is C27H41NO7. The van der Waals surface area contributed by atoms with Crippen molar-refractivity contribution in [2.24, 2.45) is 23.2 Å². The molecule has 8 nitrogen and oxygen atoms in total. The minimum atomic E-state index is -0.826. The molecule has 0 aromatic carbocycles. The molecule has 4 aliphatic carbocycles. The molecule has 0 amide bonds. The van der Waals surface area contributed by atoms with Crippen molar-refractivity contribution in [1.29, 1.82) is 0 Å². The third kappa shape index (κ3) is 2.98. The molecule has 10 atom stereocenters. The van der Waals surface area contributed by atoms with E-state index in [9.17, 15) is 4.79 Å². The Kier molecular flexibility index (Phi) is 5.72. The van der Waals surface area contributed by atoms with Gasteiger partial charge in [-0.1, -0.05) is 19.4 Å². The van der Waals surface area contributed by atoms with Gasteiger partial charge in [-0.15, -0.1) is 0 Å². The Labute approximate surface area is 208 Å². The molecule has 8 heteroatoms. The van der Waals surface area contributed by atoms with Crippen molar-refractivity contribution < 1.29 is 33.2 Å². The molecule has 2 spiro atoms. The second kappa shape index (κ2) is 8.23. The molecule has 5 fully saturated rings. The lowest BCUT2D eigenvalue weighted by atomic mass is 9.58. The summed E-state index contributed by atoms with van der Waals surface area (Å²) in [5.41, 5.74) is 1.09. The van der Waals surface area contributed by atoms with E-state index in [1.165, 1.54) is 18.1 Å². The number of methoxy groups -OCH3 is 3. The fourth-order valence-corrected chi connectivity index (χ4v) is 9.38. The molecule has 0 N–H and O–H groups in total. The maximum atomic E-state index is 12.7. The summed E-state index contributed by atoms with van der Waals surface area (Å²) in [6, 6.07) is 0. The summed E-state index contributed by atoms with van der Waals surface area (Å²) in [6.07, 6.45) is 3.00. The van der Waals surface area contributed by atoms with Gasteiger partial charge in [0.15, 0.2) is 5.60 Å². The standard InChI is InChI=1S/C27H41NO7/c1-7-28-12-25(3)9-8-18(30-4)20-17-10-16-19(31-5)11-26(21(17)23(16)32-6)27(13-28,34-14-33-26)24(22(20)25)35-15(2)29/h16,18-19,21-24H,7-14H2,1-6H3/t16-,18+,19+,21-,22-,23+,24+,25+,26-,27+/m1/s1. The molecule has 6 aliphatic rings. The number of hydrogen-bond donors (Lipinski definition) is 0. The van der Waals surface area contributed by atoms with Crippen molar-refractivity contribution in [2.75, 3.05) is 47.8 Å². The second-order valence-corrected chi connectivity index (χ2v) is 11.9. The molecule has 3 saturated carbocycles. The number of likely N-dealkylation sites (N-methyl/N-ethyl adjacent to an activating group) is 1. The number of hydrogen-bond acceptors (Lipinski definition) is 8. The highest BCUT2D eigenvalue weighted by Crippen LogP contribution is 2.68. The zero-order chi connectivity index (χ0) is 24.8. The molecule has 35 heavy (non-hydrogen) atoms. The molecule has 4 bridgehead atoms. The Bertz CT molecular complexity index is 923. The number of likely N-dealkylation sites (tertiary alicyclic amines) is 1. The van der Waals surface area contributed by atoms with Gasteiger partial charge in [0.1, 0.15) is 18.5 Å². The lowest BCUT2D eigenvalue weighted by molar-refractivity contribution is -0.221. The first-order valence-electron chi connectivity index (χ1n) is 13.3. The summed E-state index contributed by atoms with van der Waals surface area (Å²) in [6.45, 7) is 8.76. The molecule has 0 aromatic heterocycles. The molecule has 2 saturated heterocycles. The van der Waals surface area contributed by atoms with Gasteiger partial charge in [-0.3, -0.25) is 9.69 Å². The van der Waals surface area contributed by atoms with E-state index < -0.39 is 17.3 Å². The van der Waals surface area contributed by atoms with Gasteiger partial charge < -0.3 is 28.4 Å². The molecule has 0 unspecified atom stereocenters. The van der Waals surface area contributed by atoms with Gasteiger partial charge in [0.25, 0.3) is 0 Å². The van der Waals surface area contributed by atoms with Crippen LogP contribution in [0, 0.1) is 23.2 Å². The van der Waals surface area contributed by atoms with Crippen LogP contribution in [0.25, 0.3) is 0 Å². The Morgan fingerprint density at radius 3 is 2.51 bits per heavy atom. The number of nitrogens with zero attached hydrogens (tertiary/aromatic N) is 1. The lowest BCUT2D eigenvalue weighted by Gasteiger charge is -2.55. The van der Waals surface area contributed by atoms with Crippen LogP contribution in [0.1, 0.15) is 46.5 Å². The van der Waals surface area contributed by atoms with Gasteiger partial charge in [-0.2, -0.15) is 0 Å². The molecular weight excluding hydrogens is 450 g/mol. The number of ether oxygens (including phenoxy) is 6. The topological polar surface area (TPSA) is 75.7 Å². The van der Waals surface area contributed by atoms with Crippen molar-refractivity contribution in [3.05, 3.63) is 11.1 Å². The lowest BCUT2D eigenvalue weighted by Crippen LogP contribution is -2.71. The summed E-state index contributed by atoms with van der Waals surface area (Å²) < 4.78 is 38.6. The van der Waals surface area contributed by atoms with Crippen LogP contribution in [0.5, 0.6) is 0 Å². The van der Waals surface area contributed by atoms with Crippen LogP contribution in [0.15, 0.2) is 11.1 Å². The van der Waals surface area contributed by atoms with Gasteiger partial charge in [0.05, 0.1) is 18.3 Å². The average molecular weight is 492 g/mol. The van der Waals surface area contributed by atoms with Crippen LogP contribution in [0.2, 0.25) is 0 Å². The Hall–Kier alpha value is -1.03. The summed E-state index contributed by atoms with van der Waals surface area (Å²) in [5.74, 6) is -0.00690. The fraction of sp³-hybridized carbons (Fsp3) is 0.889. The Morgan fingerprint density at radius 1 is 1.09 bits per heavy atom. The highest BCUT2D eigenvalue weighted by Gasteiger charge is 2.78. The third-order valence-electron chi connectivity index (χ3n) is 10.6. The monoisotopic (exact) mass is 491 g/mol. The SMILES string of the molecule is CCN1C[C@]2(C)CC[C@H](OC)C3=C4C[C@H]5[C@H](OC)[C@@H]4[C@@]4(C[C@@H]5OC)OCO[C@@]4(C1)[C@@H](OC(C)=O)[C@@H]32. The normalized spacial score (nSPS) is 50.5. The second-order valence-electron chi connectivity index (χ2n) is 11.9. The van der Waals surface area contributed by atoms with Crippen LogP contribution < -0.4 is 0 Å². The van der Waals surface area contributed by atoms with Crippen LogP contribution in [0.3, 0.4) is 0 Å². The summed E-state index contributed by atoms with van der Waals surface area (Å²) in [7, 11) is 5.41. The highest BCUT2D eigenvalue weighted by atomic mass is 16.7. The molecule has 196 valence electrons. The Balaban J connectivity index is 1.70. The summed E-state index contributed by atoms with van der Waals surface area (Å²) in [4.78, 5) is 15.2. The highest BCUT2D eigenvalue weighted by molar-refractivity contribution is 5.66. The van der Waals surface area contributed by atoms with Gasteiger partial charge in [0, 0.05) is 65.5 Å². The zero-order valence-corrected chi connectivity index (χ0v) is 22.0. The van der Waals surface area contributed by atoms with Gasteiger partial charge >= 0.3 is 5.97 Å². The minimum absolute atomic E-state index is 0.00178. The van der Waals surface area contributed by atoms with E-state index in [-0.39, 0.29) is 54.2 Å². The van der Waals surface area contributed by atoms with Gasteiger partial charge in [0.2, 0.25) is 0 Å². The van der Waals surface area contributed by atoms with Crippen LogP contribution >= 0.6 is 0 Å². The fourth-order valence-electron chi connectivity index (χ4n) is 9.38. The van der Waals surface area contributed by atoms with Gasteiger partial charge in [-0.25, -0.2) is 0 Å². The van der Waals surface area contributed by atoms with E-state index in [1.54, 1.807) is 7.11 Å². The minimum Gasteiger partial charge on any atom is -0.459 e. The van der Waals surface area contributed by atoms with Crippen molar-refractivity contribution in [3.8, 4) is 0 Å². The summed E-state index contributed by atoms with van der Waals surface area (Å²) in [5, 5.41) is 0. The third-order valence-corrected chi connectivity index (χ3v) is 10.6. The zero-order valence-electron chi connectivity index (χ0n) is 22.0. The predicted octanol–water partition coefficient (Wildman–Crippen LogP) is 2.55. The first-order chi connectivity index (χ1) is 16.8. The first-order valence-corrected chi connectivity index (χ1v) is 13.3. The number of carbonyl (C=O) groups excluding carboxylic acids is 1. The largest absolute Gasteiger partial charge is 0.459 e. The van der Waals surface area contributed by atoms with E-state index in [1.807, 2.05) is 14.2 Å². The number of esters is 1. The van der Waals surface area contributed by atoms with Crippen LogP contribution in [-0.4, -0.2) is 94.2 Å². The quantitative estimate of drug-likeness (QED) is 0.429. The molecule has 6 rings (SSSR count). The van der Waals surface area contributed by atoms with Crippen molar-refractivity contribution >= 4 is 5.97 Å². The smallest absolute Gasteiger partial charge is 0.303 e. The number of fused-ring (bicyclic) bond motifs is 1. The van der Waals surface area contributed by atoms with Crippen LogP contribution in [0.4, 0.5) is 0 Å². The Morgan fingerprint density at radius 2 is 1.86 bits per heavy atom. The summed E-state index contributed by atoms with van der Waals surface area (Å²) >= 11 is 0. The van der Waals surface area contributed by atoms with Gasteiger partial charge in [-0.05, 0) is 36.8 Å². The van der Waals surface area contributed by atoms with E-state index in [0.29, 0.717) is 13.0 Å². The van der Waals surface area contributed by atoms with Crippen molar-refractivity contribution in [1.82, 2.24) is 4.90 Å². The predicted molar refractivity (Wildman–Crippen MR) is 127 cm³/mol. The van der Waals surface area contributed by atoms with Crippen molar-refractivity contribution in [2.45, 2.75) is 82.1 Å². The first kappa shape index (κ1) is 24.3. The number of rotatable bonds is 5. The molecule has 0 radical (unpaired) electrons. The van der Waals surface area contributed by atoms with E-state index in [4.69, 9.17) is 28.4 Å². The van der Waals surface area contributed by atoms with Crippen LogP contribution in [-0.2, 0) is 33.2 Å². The maximum absolute atomic E-state index is 12.7. The van der Waals surface area contributed by atoms with E-state index >= 15 is 0 Å². The average Bonchev–Trinajstić information content (AvgIpc) is 3.29. The molecule has 0 aromatic rings. The van der Waals surface area contributed by atoms with E-state index in [2.05, 4.69) is 18.7 Å². The van der Waals surface area contributed by atoms with E-state index in [0.717, 1.165) is 32.4 Å².